The molecule has 0 aromatic heterocycles. The molecular formula is C27H22N2OSi. The van der Waals surface area contributed by atoms with Crippen LogP contribution in [0.5, 0.6) is 0 Å². The minimum atomic E-state index is -2.88. The Kier molecular flexibility index (Phi) is 6.07. The highest BCUT2D eigenvalue weighted by Crippen LogP contribution is 2.12. The second-order valence-electron chi connectivity index (χ2n) is 7.24. The number of rotatable bonds is 6. The van der Waals surface area contributed by atoms with Gasteiger partial charge in [0.2, 0.25) is 0 Å². The van der Waals surface area contributed by atoms with Gasteiger partial charge in [-0.3, -0.25) is 0 Å². The monoisotopic (exact) mass is 418 g/mol. The molecule has 0 amide bonds. The standard InChI is InChI=1S/C27H22N2OSi/c1-22(24-19-17-23(21-28)18-20-24)29-30-31(25-11-5-2-6-12-25,26-13-7-3-8-14-26)27-15-9-4-10-16-27/h2-20H,1H3. The molecule has 150 valence electrons. The highest BCUT2D eigenvalue weighted by Gasteiger charge is 2.44. The van der Waals surface area contributed by atoms with Crippen LogP contribution < -0.4 is 15.6 Å². The van der Waals surface area contributed by atoms with Gasteiger partial charge in [-0.25, -0.2) is 0 Å². The Hall–Kier alpha value is -3.94. The molecule has 0 bridgehead atoms. The van der Waals surface area contributed by atoms with Gasteiger partial charge in [0.25, 0.3) is 0 Å². The van der Waals surface area contributed by atoms with Crippen LogP contribution in [0.2, 0.25) is 0 Å². The van der Waals surface area contributed by atoms with Crippen molar-refractivity contribution in [2.75, 3.05) is 0 Å². The molecule has 0 aliphatic rings. The third kappa shape index (κ3) is 4.18. The average Bonchev–Trinajstić information content (AvgIpc) is 2.86. The summed E-state index contributed by atoms with van der Waals surface area (Å²) in [6, 6.07) is 40.6. The molecule has 4 rings (SSSR count). The summed E-state index contributed by atoms with van der Waals surface area (Å²) in [5.74, 6) is 0. The van der Waals surface area contributed by atoms with E-state index in [1.165, 1.54) is 0 Å². The van der Waals surface area contributed by atoms with Crippen LogP contribution in [0.4, 0.5) is 0 Å². The van der Waals surface area contributed by atoms with E-state index in [0.717, 1.165) is 26.8 Å². The van der Waals surface area contributed by atoms with Gasteiger partial charge < -0.3 is 4.53 Å². The van der Waals surface area contributed by atoms with E-state index in [9.17, 15) is 0 Å². The Balaban J connectivity index is 1.86. The molecule has 0 saturated heterocycles. The fourth-order valence-electron chi connectivity index (χ4n) is 3.65. The summed E-state index contributed by atoms with van der Waals surface area (Å²) in [5.41, 5.74) is 2.32. The third-order valence-electron chi connectivity index (χ3n) is 5.29. The quantitative estimate of drug-likeness (QED) is 0.206. The van der Waals surface area contributed by atoms with Crippen LogP contribution in [-0.2, 0) is 4.53 Å². The lowest BCUT2D eigenvalue weighted by atomic mass is 10.1. The zero-order chi connectivity index (χ0) is 21.5. The SMILES string of the molecule is CC(=NO[Si](c1ccccc1)(c1ccccc1)c1ccccc1)c1ccc(C#N)cc1. The molecule has 0 heterocycles. The fraction of sp³-hybridized carbons (Fsp3) is 0.0370. The van der Waals surface area contributed by atoms with E-state index in [-0.39, 0.29) is 0 Å². The normalized spacial score (nSPS) is 11.5. The maximum absolute atomic E-state index is 9.06. The second-order valence-corrected chi connectivity index (χ2v) is 10.5. The van der Waals surface area contributed by atoms with E-state index in [4.69, 9.17) is 9.79 Å². The van der Waals surface area contributed by atoms with Gasteiger partial charge in [-0.1, -0.05) is 103 Å². The highest BCUT2D eigenvalue weighted by atomic mass is 28.4. The largest absolute Gasteiger partial charge is 0.438 e. The van der Waals surface area contributed by atoms with Crippen LogP contribution in [0.15, 0.2) is 120 Å². The molecule has 0 atom stereocenters. The highest BCUT2D eigenvalue weighted by molar-refractivity contribution is 7.07. The van der Waals surface area contributed by atoms with E-state index in [0.29, 0.717) is 5.56 Å². The second kappa shape index (κ2) is 9.25. The number of oxime groups is 1. The maximum Gasteiger partial charge on any atom is 0.380 e. The summed E-state index contributed by atoms with van der Waals surface area (Å²) < 4.78 is 6.62. The van der Waals surface area contributed by atoms with Gasteiger partial charge in [-0.2, -0.15) is 5.26 Å². The van der Waals surface area contributed by atoms with Crippen molar-refractivity contribution in [3.8, 4) is 6.07 Å². The van der Waals surface area contributed by atoms with Crippen LogP contribution in [-0.4, -0.2) is 14.0 Å². The lowest BCUT2D eigenvalue weighted by molar-refractivity contribution is 0.349. The minimum absolute atomic E-state index is 0.624. The molecule has 0 aliphatic heterocycles. The molecule has 0 aliphatic carbocycles. The summed E-state index contributed by atoms with van der Waals surface area (Å²) in [6.07, 6.45) is 0. The van der Waals surface area contributed by atoms with E-state index in [2.05, 4.69) is 47.6 Å². The lowest BCUT2D eigenvalue weighted by Gasteiger charge is -2.30. The van der Waals surface area contributed by atoms with Crippen LogP contribution in [0.25, 0.3) is 0 Å². The van der Waals surface area contributed by atoms with Gasteiger partial charge in [-0.05, 0) is 40.2 Å². The Bertz CT molecular complexity index is 1100. The molecule has 0 fully saturated rings. The summed E-state index contributed by atoms with van der Waals surface area (Å²) in [4.78, 5) is 0. The van der Waals surface area contributed by atoms with Gasteiger partial charge in [0.05, 0.1) is 17.3 Å². The van der Waals surface area contributed by atoms with Crippen molar-refractivity contribution in [2.24, 2.45) is 5.16 Å². The average molecular weight is 419 g/mol. The molecule has 3 nitrogen and oxygen atoms in total. The molecular weight excluding hydrogens is 396 g/mol. The first-order chi connectivity index (χ1) is 15.2. The van der Waals surface area contributed by atoms with Crippen molar-refractivity contribution in [1.29, 1.82) is 5.26 Å². The maximum atomic E-state index is 9.06. The summed E-state index contributed by atoms with van der Waals surface area (Å²) in [7, 11) is -2.88. The van der Waals surface area contributed by atoms with E-state index < -0.39 is 8.32 Å². The summed E-state index contributed by atoms with van der Waals surface area (Å²) >= 11 is 0. The molecule has 4 heteroatoms. The Labute approximate surface area is 184 Å². The number of hydrogen-bond donors (Lipinski definition) is 0. The number of hydrogen-bond acceptors (Lipinski definition) is 3. The van der Waals surface area contributed by atoms with E-state index in [1.807, 2.05) is 73.7 Å². The molecule has 0 saturated carbocycles. The molecule has 0 spiro atoms. The van der Waals surface area contributed by atoms with Gasteiger partial charge in [0, 0.05) is 0 Å². The third-order valence-corrected chi connectivity index (χ3v) is 9.10. The van der Waals surface area contributed by atoms with Crippen LogP contribution in [0.3, 0.4) is 0 Å². The predicted molar refractivity (Wildman–Crippen MR) is 128 cm³/mol. The lowest BCUT2D eigenvalue weighted by Crippen LogP contribution is -2.68. The Morgan fingerprint density at radius 1 is 0.677 bits per heavy atom. The van der Waals surface area contributed by atoms with Crippen LogP contribution in [0.1, 0.15) is 18.1 Å². The van der Waals surface area contributed by atoms with Crippen molar-refractivity contribution in [2.45, 2.75) is 6.92 Å². The fourth-order valence-corrected chi connectivity index (χ4v) is 7.23. The van der Waals surface area contributed by atoms with Crippen molar-refractivity contribution in [1.82, 2.24) is 0 Å². The van der Waals surface area contributed by atoms with Gasteiger partial charge in [-0.15, -0.1) is 5.16 Å². The van der Waals surface area contributed by atoms with Crippen LogP contribution >= 0.6 is 0 Å². The summed E-state index contributed by atoms with van der Waals surface area (Å²) in [6.45, 7) is 1.93. The van der Waals surface area contributed by atoms with Crippen molar-refractivity contribution in [3.63, 3.8) is 0 Å². The zero-order valence-electron chi connectivity index (χ0n) is 17.3. The van der Waals surface area contributed by atoms with Gasteiger partial charge in [0.15, 0.2) is 0 Å². The Morgan fingerprint density at radius 3 is 1.48 bits per heavy atom. The molecule has 0 radical (unpaired) electrons. The first-order valence-electron chi connectivity index (χ1n) is 10.1. The first-order valence-corrected chi connectivity index (χ1v) is 12.0. The molecule has 31 heavy (non-hydrogen) atoms. The van der Waals surface area contributed by atoms with Gasteiger partial charge in [0.1, 0.15) is 0 Å². The molecule has 4 aromatic carbocycles. The molecule has 0 unspecified atom stereocenters. The Morgan fingerprint density at radius 2 is 1.10 bits per heavy atom. The first kappa shape index (κ1) is 20.3. The number of benzene rings is 4. The van der Waals surface area contributed by atoms with Gasteiger partial charge >= 0.3 is 8.32 Å². The van der Waals surface area contributed by atoms with Crippen molar-refractivity contribution in [3.05, 3.63) is 126 Å². The smallest absolute Gasteiger partial charge is 0.380 e. The van der Waals surface area contributed by atoms with Crippen molar-refractivity contribution >= 4 is 29.6 Å². The number of nitrogens with zero attached hydrogens (tertiary/aromatic N) is 2. The zero-order valence-corrected chi connectivity index (χ0v) is 18.3. The van der Waals surface area contributed by atoms with E-state index in [1.54, 1.807) is 12.1 Å². The van der Waals surface area contributed by atoms with E-state index >= 15 is 0 Å². The molecule has 0 N–H and O–H groups in total. The van der Waals surface area contributed by atoms with Crippen LogP contribution in [0, 0.1) is 11.3 Å². The summed E-state index contributed by atoms with van der Waals surface area (Å²) in [5, 5.41) is 17.1. The van der Waals surface area contributed by atoms with Crippen molar-refractivity contribution < 1.29 is 4.53 Å². The minimum Gasteiger partial charge on any atom is -0.438 e. The topological polar surface area (TPSA) is 45.4 Å². The predicted octanol–water partition coefficient (Wildman–Crippen LogP) is 3.97. The molecule has 4 aromatic rings. The number of nitriles is 1.